The number of Topliss-reactive ketones (excluding diaryl/α,β-unsaturated/α-hetero) is 1. The van der Waals surface area contributed by atoms with E-state index in [2.05, 4.69) is 0 Å². The third-order valence-corrected chi connectivity index (χ3v) is 5.61. The summed E-state index contributed by atoms with van der Waals surface area (Å²) < 4.78 is 5.61. The molecule has 0 amide bonds. The van der Waals surface area contributed by atoms with Crippen molar-refractivity contribution in [2.24, 2.45) is 28.9 Å². The molecule has 1 aromatic rings. The third kappa shape index (κ3) is 1.71. The van der Waals surface area contributed by atoms with E-state index in [0.29, 0.717) is 18.1 Å². The molecule has 2 N–H and O–H groups in total. The number of hydrogen-bond donors (Lipinski definition) is 1. The maximum Gasteiger partial charge on any atom is 0.204 e. The van der Waals surface area contributed by atoms with Gasteiger partial charge in [-0.25, -0.2) is 0 Å². The molecule has 102 valence electrons. The zero-order valence-corrected chi connectivity index (χ0v) is 11.2. The van der Waals surface area contributed by atoms with Crippen LogP contribution in [0.25, 0.3) is 0 Å². The molecule has 0 aromatic carbocycles. The van der Waals surface area contributed by atoms with Crippen molar-refractivity contribution in [3.8, 4) is 0 Å². The van der Waals surface area contributed by atoms with Crippen molar-refractivity contribution in [3.63, 3.8) is 0 Å². The number of hydrogen-bond acceptors (Lipinski definition) is 3. The molecule has 3 heteroatoms. The molecule has 0 radical (unpaired) electrons. The second-order valence-corrected chi connectivity index (χ2v) is 7.00. The van der Waals surface area contributed by atoms with Gasteiger partial charge in [0.05, 0.1) is 6.54 Å². The van der Waals surface area contributed by atoms with Gasteiger partial charge in [0.2, 0.25) is 5.78 Å². The molecule has 0 unspecified atom stereocenters. The number of carbonyl (C=O) groups is 1. The van der Waals surface area contributed by atoms with Crippen molar-refractivity contribution in [1.82, 2.24) is 0 Å². The van der Waals surface area contributed by atoms with Crippen molar-refractivity contribution >= 4 is 5.78 Å². The Morgan fingerprint density at radius 1 is 1.16 bits per heavy atom. The smallest absolute Gasteiger partial charge is 0.204 e. The maximum atomic E-state index is 12.9. The van der Waals surface area contributed by atoms with Crippen LogP contribution in [0, 0.1) is 23.2 Å². The Hall–Kier alpha value is -1.09. The Balaban J connectivity index is 1.66. The van der Waals surface area contributed by atoms with Gasteiger partial charge in [-0.15, -0.1) is 0 Å². The molecule has 0 atom stereocenters. The van der Waals surface area contributed by atoms with E-state index in [4.69, 9.17) is 10.2 Å². The molecule has 4 fully saturated rings. The molecule has 4 aliphatic carbocycles. The summed E-state index contributed by atoms with van der Waals surface area (Å²) in [5.41, 5.74) is 5.47. The highest BCUT2D eigenvalue weighted by Crippen LogP contribution is 2.60. The summed E-state index contributed by atoms with van der Waals surface area (Å²) in [7, 11) is 0. The van der Waals surface area contributed by atoms with Crippen LogP contribution in [0.3, 0.4) is 0 Å². The Morgan fingerprint density at radius 2 is 1.74 bits per heavy atom. The van der Waals surface area contributed by atoms with Crippen LogP contribution in [0.4, 0.5) is 0 Å². The lowest BCUT2D eigenvalue weighted by molar-refractivity contribution is -0.0365. The minimum Gasteiger partial charge on any atom is -0.457 e. The van der Waals surface area contributed by atoms with Crippen molar-refractivity contribution in [2.75, 3.05) is 0 Å². The number of carbonyl (C=O) groups excluding carboxylic acids is 1. The standard InChI is InChI=1S/C16H21NO2/c17-9-13-1-2-14(19-13)15(18)16-6-10-3-11(7-16)5-12(4-10)8-16/h1-2,10-12H,3-9,17H2. The highest BCUT2D eigenvalue weighted by molar-refractivity contribution is 5.98. The van der Waals surface area contributed by atoms with Crippen LogP contribution in [0.15, 0.2) is 16.5 Å². The van der Waals surface area contributed by atoms with Crippen LogP contribution in [0.2, 0.25) is 0 Å². The van der Waals surface area contributed by atoms with Gasteiger partial charge in [-0.2, -0.15) is 0 Å². The lowest BCUT2D eigenvalue weighted by Crippen LogP contribution is -2.49. The largest absolute Gasteiger partial charge is 0.457 e. The molecule has 1 heterocycles. The highest BCUT2D eigenvalue weighted by Gasteiger charge is 2.55. The molecule has 5 rings (SSSR count). The van der Waals surface area contributed by atoms with Crippen molar-refractivity contribution < 1.29 is 9.21 Å². The van der Waals surface area contributed by atoms with Gasteiger partial charge in [-0.05, 0) is 68.4 Å². The minimum atomic E-state index is -0.0987. The number of ketones is 1. The molecule has 3 nitrogen and oxygen atoms in total. The molecule has 0 aliphatic heterocycles. The van der Waals surface area contributed by atoms with E-state index in [0.717, 1.165) is 37.0 Å². The van der Waals surface area contributed by atoms with Crippen LogP contribution in [-0.4, -0.2) is 5.78 Å². The van der Waals surface area contributed by atoms with E-state index >= 15 is 0 Å². The lowest BCUT2D eigenvalue weighted by atomic mass is 9.48. The SMILES string of the molecule is NCc1ccc(C(=O)C23CC4CC(CC(C4)C2)C3)o1. The minimum absolute atomic E-state index is 0.0987. The van der Waals surface area contributed by atoms with Crippen LogP contribution in [0.1, 0.15) is 54.8 Å². The molecular formula is C16H21NO2. The number of furan rings is 1. The van der Waals surface area contributed by atoms with Gasteiger partial charge in [0.15, 0.2) is 5.76 Å². The van der Waals surface area contributed by atoms with Gasteiger partial charge < -0.3 is 10.2 Å². The molecule has 0 spiro atoms. The van der Waals surface area contributed by atoms with Crippen molar-refractivity contribution in [2.45, 2.75) is 45.1 Å². The van der Waals surface area contributed by atoms with E-state index < -0.39 is 0 Å². The molecule has 1 aromatic heterocycles. The summed E-state index contributed by atoms with van der Waals surface area (Å²) >= 11 is 0. The Morgan fingerprint density at radius 3 is 2.21 bits per heavy atom. The summed E-state index contributed by atoms with van der Waals surface area (Å²) in [6.07, 6.45) is 7.36. The van der Waals surface area contributed by atoms with Gasteiger partial charge in [-0.1, -0.05) is 0 Å². The molecule has 19 heavy (non-hydrogen) atoms. The monoisotopic (exact) mass is 259 g/mol. The quantitative estimate of drug-likeness (QED) is 0.848. The predicted molar refractivity (Wildman–Crippen MR) is 71.5 cm³/mol. The molecule has 4 saturated carbocycles. The first kappa shape index (κ1) is 11.7. The summed E-state index contributed by atoms with van der Waals surface area (Å²) in [6, 6.07) is 3.66. The Bertz CT molecular complexity index is 481. The van der Waals surface area contributed by atoms with E-state index in [9.17, 15) is 4.79 Å². The summed E-state index contributed by atoms with van der Waals surface area (Å²) in [6.45, 7) is 0.369. The zero-order valence-electron chi connectivity index (χ0n) is 11.2. The molecule has 4 aliphatic rings. The maximum absolute atomic E-state index is 12.9. The van der Waals surface area contributed by atoms with E-state index in [1.165, 1.54) is 19.3 Å². The van der Waals surface area contributed by atoms with Crippen LogP contribution >= 0.6 is 0 Å². The highest BCUT2D eigenvalue weighted by atomic mass is 16.3. The Labute approximate surface area is 113 Å². The second kappa shape index (κ2) is 3.95. The molecule has 4 bridgehead atoms. The van der Waals surface area contributed by atoms with Crippen molar-refractivity contribution in [3.05, 3.63) is 23.7 Å². The van der Waals surface area contributed by atoms with Gasteiger partial charge in [0.1, 0.15) is 5.76 Å². The van der Waals surface area contributed by atoms with E-state index in [1.54, 1.807) is 0 Å². The average Bonchev–Trinajstić information content (AvgIpc) is 2.84. The fraction of sp³-hybridized carbons (Fsp3) is 0.688. The van der Waals surface area contributed by atoms with E-state index in [-0.39, 0.29) is 11.2 Å². The zero-order chi connectivity index (χ0) is 13.0. The molecule has 0 saturated heterocycles. The topological polar surface area (TPSA) is 56.2 Å². The number of rotatable bonds is 3. The predicted octanol–water partition coefficient (Wildman–Crippen LogP) is 3.14. The molecular weight excluding hydrogens is 238 g/mol. The van der Waals surface area contributed by atoms with Gasteiger partial charge in [0.25, 0.3) is 0 Å². The first-order chi connectivity index (χ1) is 9.18. The van der Waals surface area contributed by atoms with Crippen molar-refractivity contribution in [1.29, 1.82) is 0 Å². The first-order valence-corrected chi connectivity index (χ1v) is 7.52. The lowest BCUT2D eigenvalue weighted by Gasteiger charge is -2.55. The normalized spacial score (nSPS) is 39.7. The van der Waals surface area contributed by atoms with Crippen LogP contribution in [-0.2, 0) is 6.54 Å². The first-order valence-electron chi connectivity index (χ1n) is 7.52. The fourth-order valence-corrected chi connectivity index (χ4v) is 5.26. The number of nitrogens with two attached hydrogens (primary N) is 1. The second-order valence-electron chi connectivity index (χ2n) is 7.00. The van der Waals surface area contributed by atoms with Gasteiger partial charge in [0, 0.05) is 5.41 Å². The fourth-order valence-electron chi connectivity index (χ4n) is 5.26. The summed E-state index contributed by atoms with van der Waals surface area (Å²) in [5, 5.41) is 0. The Kier molecular flexibility index (Phi) is 2.44. The van der Waals surface area contributed by atoms with E-state index in [1.807, 2.05) is 12.1 Å². The summed E-state index contributed by atoms with van der Waals surface area (Å²) in [5.74, 6) is 3.89. The summed E-state index contributed by atoms with van der Waals surface area (Å²) in [4.78, 5) is 12.9. The van der Waals surface area contributed by atoms with Gasteiger partial charge in [-0.3, -0.25) is 4.79 Å². The van der Waals surface area contributed by atoms with Crippen LogP contribution in [0.5, 0.6) is 0 Å². The average molecular weight is 259 g/mol. The van der Waals surface area contributed by atoms with Crippen LogP contribution < -0.4 is 5.73 Å². The third-order valence-electron chi connectivity index (χ3n) is 5.61. The van der Waals surface area contributed by atoms with Gasteiger partial charge >= 0.3 is 0 Å².